The highest BCUT2D eigenvalue weighted by atomic mass is 16.8. The molecule has 19 heavy (non-hydrogen) atoms. The molecule has 2 aliphatic rings. The molecule has 1 aromatic rings. The van der Waals surface area contributed by atoms with Crippen LogP contribution in [0.5, 0.6) is 0 Å². The molecule has 1 aliphatic heterocycles. The summed E-state index contributed by atoms with van der Waals surface area (Å²) in [5.74, 6) is -0.442. The monoisotopic (exact) mass is 260 g/mol. The molecule has 2 atom stereocenters. The maximum absolute atomic E-state index is 5.84. The van der Waals surface area contributed by atoms with Gasteiger partial charge in [0.05, 0.1) is 19.3 Å². The van der Waals surface area contributed by atoms with Crippen molar-refractivity contribution in [2.75, 3.05) is 6.61 Å². The van der Waals surface area contributed by atoms with Gasteiger partial charge in [0.2, 0.25) is 0 Å². The normalized spacial score (nSPS) is 28.2. The van der Waals surface area contributed by atoms with E-state index in [9.17, 15) is 0 Å². The van der Waals surface area contributed by atoms with Crippen LogP contribution < -0.4 is 0 Å². The average molecular weight is 260 g/mol. The molecule has 0 aromatic heterocycles. The van der Waals surface area contributed by atoms with Crippen LogP contribution in [0.15, 0.2) is 42.0 Å². The lowest BCUT2D eigenvalue weighted by atomic mass is 10.2. The summed E-state index contributed by atoms with van der Waals surface area (Å²) in [7, 11) is 0. The van der Waals surface area contributed by atoms with Crippen molar-refractivity contribution >= 4 is 0 Å². The van der Waals surface area contributed by atoms with E-state index in [2.05, 4.69) is 18.2 Å². The molecule has 3 rings (SSSR count). The van der Waals surface area contributed by atoms with E-state index in [1.165, 1.54) is 11.1 Å². The Labute approximate surface area is 114 Å². The highest BCUT2D eigenvalue weighted by Crippen LogP contribution is 2.37. The maximum Gasteiger partial charge on any atom is 0.164 e. The van der Waals surface area contributed by atoms with Crippen LogP contribution in [0, 0.1) is 0 Å². The van der Waals surface area contributed by atoms with Crippen LogP contribution in [0.3, 0.4) is 0 Å². The lowest BCUT2D eigenvalue weighted by Crippen LogP contribution is -2.22. The number of fused-ring (bicyclic) bond motifs is 1. The van der Waals surface area contributed by atoms with Gasteiger partial charge in [-0.3, -0.25) is 0 Å². The van der Waals surface area contributed by atoms with Crippen LogP contribution in [0.25, 0.3) is 0 Å². The Morgan fingerprint density at radius 2 is 1.95 bits per heavy atom. The highest BCUT2D eigenvalue weighted by Gasteiger charge is 2.43. The molecule has 0 bridgehead atoms. The molecule has 0 radical (unpaired) electrons. The zero-order valence-corrected chi connectivity index (χ0v) is 11.5. The van der Waals surface area contributed by atoms with Gasteiger partial charge >= 0.3 is 0 Å². The molecule has 1 heterocycles. The van der Waals surface area contributed by atoms with Crippen molar-refractivity contribution in [3.63, 3.8) is 0 Å². The first kappa shape index (κ1) is 12.9. The summed E-state index contributed by atoms with van der Waals surface area (Å²) in [5.41, 5.74) is 2.48. The molecule has 1 saturated heterocycles. The van der Waals surface area contributed by atoms with E-state index in [4.69, 9.17) is 14.2 Å². The molecule has 0 spiro atoms. The van der Waals surface area contributed by atoms with Crippen LogP contribution >= 0.6 is 0 Å². The third kappa shape index (κ3) is 3.06. The molecular weight excluding hydrogens is 240 g/mol. The maximum atomic E-state index is 5.84. The molecule has 1 aromatic carbocycles. The summed E-state index contributed by atoms with van der Waals surface area (Å²) in [6.07, 6.45) is 3.35. The van der Waals surface area contributed by atoms with Crippen LogP contribution in [-0.4, -0.2) is 24.6 Å². The first-order valence-corrected chi connectivity index (χ1v) is 6.79. The van der Waals surface area contributed by atoms with Crippen molar-refractivity contribution in [2.24, 2.45) is 0 Å². The van der Waals surface area contributed by atoms with Gasteiger partial charge in [-0.2, -0.15) is 0 Å². The fraction of sp³-hybridized carbons (Fsp3) is 0.500. The summed E-state index contributed by atoms with van der Waals surface area (Å²) in [5, 5.41) is 0. The van der Waals surface area contributed by atoms with Crippen LogP contribution in [0.1, 0.15) is 25.8 Å². The summed E-state index contributed by atoms with van der Waals surface area (Å²) in [4.78, 5) is 0. The second-order valence-electron chi connectivity index (χ2n) is 5.65. The lowest BCUT2D eigenvalue weighted by Gasteiger charge is -2.18. The van der Waals surface area contributed by atoms with Gasteiger partial charge in [-0.1, -0.05) is 36.4 Å². The predicted octanol–water partition coefficient (Wildman–Crippen LogP) is 3.05. The SMILES string of the molecule is CC1(C)O[C@H]2CC(COCc3ccccc3)=C[C@H]2O1. The van der Waals surface area contributed by atoms with E-state index < -0.39 is 5.79 Å². The molecule has 1 fully saturated rings. The van der Waals surface area contributed by atoms with Crippen molar-refractivity contribution < 1.29 is 14.2 Å². The molecule has 0 N–H and O–H groups in total. The van der Waals surface area contributed by atoms with Crippen molar-refractivity contribution in [3.05, 3.63) is 47.5 Å². The van der Waals surface area contributed by atoms with Gasteiger partial charge in [0.25, 0.3) is 0 Å². The van der Waals surface area contributed by atoms with Crippen LogP contribution in [0.2, 0.25) is 0 Å². The Bertz CT molecular complexity index is 464. The van der Waals surface area contributed by atoms with E-state index in [1.807, 2.05) is 32.0 Å². The third-order valence-corrected chi connectivity index (χ3v) is 3.48. The van der Waals surface area contributed by atoms with Crippen molar-refractivity contribution in [3.8, 4) is 0 Å². The van der Waals surface area contributed by atoms with E-state index in [0.29, 0.717) is 13.2 Å². The lowest BCUT2D eigenvalue weighted by molar-refractivity contribution is -0.144. The molecule has 3 heteroatoms. The van der Waals surface area contributed by atoms with Gasteiger partial charge in [-0.05, 0) is 31.4 Å². The Kier molecular flexibility index (Phi) is 3.44. The van der Waals surface area contributed by atoms with E-state index in [-0.39, 0.29) is 12.2 Å². The zero-order chi connectivity index (χ0) is 13.3. The largest absolute Gasteiger partial charge is 0.372 e. The minimum atomic E-state index is -0.442. The zero-order valence-electron chi connectivity index (χ0n) is 11.5. The second kappa shape index (κ2) is 5.08. The van der Waals surface area contributed by atoms with Crippen LogP contribution in [0.4, 0.5) is 0 Å². The Hall–Kier alpha value is -1.16. The number of ether oxygens (including phenoxy) is 3. The third-order valence-electron chi connectivity index (χ3n) is 3.48. The van der Waals surface area contributed by atoms with Gasteiger partial charge in [0.15, 0.2) is 5.79 Å². The summed E-state index contributed by atoms with van der Waals surface area (Å²) >= 11 is 0. The Morgan fingerprint density at radius 1 is 1.16 bits per heavy atom. The predicted molar refractivity (Wildman–Crippen MR) is 72.6 cm³/mol. The fourth-order valence-corrected chi connectivity index (χ4v) is 2.70. The number of hydrogen-bond acceptors (Lipinski definition) is 3. The van der Waals surface area contributed by atoms with Gasteiger partial charge in [0.1, 0.15) is 6.10 Å². The van der Waals surface area contributed by atoms with E-state index in [1.54, 1.807) is 0 Å². The van der Waals surface area contributed by atoms with Crippen molar-refractivity contribution in [2.45, 2.75) is 44.9 Å². The summed E-state index contributed by atoms with van der Waals surface area (Å²) in [6.45, 7) is 5.24. The summed E-state index contributed by atoms with van der Waals surface area (Å²) in [6, 6.07) is 10.2. The van der Waals surface area contributed by atoms with Crippen LogP contribution in [-0.2, 0) is 20.8 Å². The first-order valence-electron chi connectivity index (χ1n) is 6.79. The minimum Gasteiger partial charge on any atom is -0.372 e. The fourth-order valence-electron chi connectivity index (χ4n) is 2.70. The van der Waals surface area contributed by atoms with Gasteiger partial charge in [0, 0.05) is 0 Å². The van der Waals surface area contributed by atoms with Gasteiger partial charge < -0.3 is 14.2 Å². The quantitative estimate of drug-likeness (QED) is 0.779. The number of rotatable bonds is 4. The first-order chi connectivity index (χ1) is 9.12. The molecule has 0 unspecified atom stereocenters. The molecule has 1 aliphatic carbocycles. The molecule has 102 valence electrons. The van der Waals surface area contributed by atoms with E-state index in [0.717, 1.165) is 6.42 Å². The molecule has 0 amide bonds. The Balaban J connectivity index is 1.48. The highest BCUT2D eigenvalue weighted by molar-refractivity contribution is 5.19. The van der Waals surface area contributed by atoms with Crippen molar-refractivity contribution in [1.29, 1.82) is 0 Å². The minimum absolute atomic E-state index is 0.102. The number of benzene rings is 1. The Morgan fingerprint density at radius 3 is 2.68 bits per heavy atom. The van der Waals surface area contributed by atoms with Crippen molar-refractivity contribution in [1.82, 2.24) is 0 Å². The molecule has 3 nitrogen and oxygen atoms in total. The van der Waals surface area contributed by atoms with E-state index >= 15 is 0 Å². The smallest absolute Gasteiger partial charge is 0.164 e. The topological polar surface area (TPSA) is 27.7 Å². The number of hydrogen-bond donors (Lipinski definition) is 0. The average Bonchev–Trinajstić information content (AvgIpc) is 2.83. The molecular formula is C16H20O3. The standard InChI is InChI=1S/C16H20O3/c1-16(2)18-14-8-13(9-15(14)19-16)11-17-10-12-6-4-3-5-7-12/h3-8,14-15H,9-11H2,1-2H3/t14-,15+/m1/s1. The van der Waals surface area contributed by atoms with Gasteiger partial charge in [-0.15, -0.1) is 0 Å². The van der Waals surface area contributed by atoms with Gasteiger partial charge in [-0.25, -0.2) is 0 Å². The molecule has 0 saturated carbocycles. The summed E-state index contributed by atoms with van der Waals surface area (Å²) < 4.78 is 17.4. The second-order valence-corrected chi connectivity index (χ2v) is 5.65.